The van der Waals surface area contributed by atoms with E-state index in [1.807, 2.05) is 11.8 Å². The van der Waals surface area contributed by atoms with Crippen LogP contribution in [0.25, 0.3) is 0 Å². The van der Waals surface area contributed by atoms with Gasteiger partial charge in [-0.2, -0.15) is 11.8 Å². The Balaban J connectivity index is 3.39. The zero-order valence-electron chi connectivity index (χ0n) is 7.68. The van der Waals surface area contributed by atoms with Gasteiger partial charge in [0.25, 0.3) is 0 Å². The van der Waals surface area contributed by atoms with E-state index in [0.717, 1.165) is 11.2 Å². The predicted octanol–water partition coefficient (Wildman–Crippen LogP) is 3.56. The summed E-state index contributed by atoms with van der Waals surface area (Å²) in [5, 5.41) is 0.907. The molecular formula is C9H20S. The molecule has 0 aromatic rings. The minimum atomic E-state index is 0.865. The van der Waals surface area contributed by atoms with Gasteiger partial charge in [-0.05, 0) is 25.0 Å². The van der Waals surface area contributed by atoms with Crippen molar-refractivity contribution in [3.05, 3.63) is 0 Å². The molecule has 1 atom stereocenters. The predicted molar refractivity (Wildman–Crippen MR) is 51.7 cm³/mol. The summed E-state index contributed by atoms with van der Waals surface area (Å²) in [6.07, 6.45) is 6.33. The number of hydrogen-bond acceptors (Lipinski definition) is 1. The summed E-state index contributed by atoms with van der Waals surface area (Å²) in [7, 11) is 0. The average Bonchev–Trinajstić information content (AvgIpc) is 1.86. The van der Waals surface area contributed by atoms with Gasteiger partial charge < -0.3 is 0 Å². The molecule has 0 spiro atoms. The molecule has 62 valence electrons. The highest BCUT2D eigenvalue weighted by molar-refractivity contribution is 7.99. The van der Waals surface area contributed by atoms with E-state index >= 15 is 0 Å². The highest BCUT2D eigenvalue weighted by atomic mass is 32.2. The molecule has 0 saturated heterocycles. The molecule has 0 bridgehead atoms. The molecule has 0 nitrogen and oxygen atoms in total. The zero-order valence-corrected chi connectivity index (χ0v) is 8.50. The van der Waals surface area contributed by atoms with Gasteiger partial charge in [0, 0.05) is 5.25 Å². The summed E-state index contributed by atoms with van der Waals surface area (Å²) >= 11 is 2.02. The minimum absolute atomic E-state index is 0.865. The van der Waals surface area contributed by atoms with Crippen molar-refractivity contribution in [1.29, 1.82) is 0 Å². The number of hydrogen-bond donors (Lipinski definition) is 0. The van der Waals surface area contributed by atoms with Crippen molar-refractivity contribution in [3.8, 4) is 0 Å². The van der Waals surface area contributed by atoms with Gasteiger partial charge in [0.2, 0.25) is 0 Å². The maximum absolute atomic E-state index is 2.30. The second kappa shape index (κ2) is 6.09. The largest absolute Gasteiger partial charge is 0.162 e. The summed E-state index contributed by atoms with van der Waals surface area (Å²) in [6.45, 7) is 6.88. The molecule has 1 heteroatoms. The highest BCUT2D eigenvalue weighted by Crippen LogP contribution is 2.20. The van der Waals surface area contributed by atoms with Gasteiger partial charge in [-0.3, -0.25) is 0 Å². The lowest BCUT2D eigenvalue weighted by molar-refractivity contribution is 0.546. The lowest BCUT2D eigenvalue weighted by Gasteiger charge is -2.14. The van der Waals surface area contributed by atoms with Crippen molar-refractivity contribution in [2.24, 2.45) is 5.92 Å². The van der Waals surface area contributed by atoms with Crippen LogP contribution >= 0.6 is 11.8 Å². The zero-order chi connectivity index (χ0) is 7.98. The Hall–Kier alpha value is 0.350. The fraction of sp³-hybridized carbons (Fsp3) is 1.00. The minimum Gasteiger partial charge on any atom is -0.162 e. The van der Waals surface area contributed by atoms with Gasteiger partial charge in [0.1, 0.15) is 0 Å². The molecule has 0 aromatic heterocycles. The van der Waals surface area contributed by atoms with Crippen molar-refractivity contribution in [2.45, 2.75) is 45.3 Å². The third-order valence-electron chi connectivity index (χ3n) is 1.68. The third-order valence-corrected chi connectivity index (χ3v) is 2.77. The first-order valence-electron chi connectivity index (χ1n) is 4.23. The van der Waals surface area contributed by atoms with Crippen molar-refractivity contribution < 1.29 is 0 Å². The molecule has 0 fully saturated rings. The molecule has 0 aliphatic rings. The van der Waals surface area contributed by atoms with E-state index in [9.17, 15) is 0 Å². The van der Waals surface area contributed by atoms with Gasteiger partial charge in [-0.25, -0.2) is 0 Å². The fourth-order valence-electron chi connectivity index (χ4n) is 1.18. The molecule has 1 unspecified atom stereocenters. The van der Waals surface area contributed by atoms with E-state index in [1.54, 1.807) is 0 Å². The monoisotopic (exact) mass is 160 g/mol. The van der Waals surface area contributed by atoms with E-state index in [2.05, 4.69) is 27.0 Å². The Labute approximate surface area is 69.8 Å². The van der Waals surface area contributed by atoms with Crippen LogP contribution < -0.4 is 0 Å². The van der Waals surface area contributed by atoms with Crippen molar-refractivity contribution in [2.75, 3.05) is 6.26 Å². The SMILES string of the molecule is CCCC(CC(C)C)SC. The Morgan fingerprint density at radius 3 is 2.20 bits per heavy atom. The van der Waals surface area contributed by atoms with E-state index in [-0.39, 0.29) is 0 Å². The van der Waals surface area contributed by atoms with Crippen LogP contribution in [0.5, 0.6) is 0 Å². The van der Waals surface area contributed by atoms with Crippen LogP contribution in [0.15, 0.2) is 0 Å². The van der Waals surface area contributed by atoms with Gasteiger partial charge in [0.05, 0.1) is 0 Å². The summed E-state index contributed by atoms with van der Waals surface area (Å²) in [5.74, 6) is 0.865. The molecule has 0 rings (SSSR count). The molecule has 0 amide bonds. The van der Waals surface area contributed by atoms with Gasteiger partial charge in [-0.15, -0.1) is 0 Å². The number of rotatable bonds is 5. The molecule has 0 radical (unpaired) electrons. The second-order valence-corrected chi connectivity index (χ2v) is 4.41. The smallest absolute Gasteiger partial charge is 0.00466 e. The average molecular weight is 160 g/mol. The third kappa shape index (κ3) is 5.16. The maximum Gasteiger partial charge on any atom is 0.00466 e. The molecule has 0 N–H and O–H groups in total. The molecule has 10 heavy (non-hydrogen) atoms. The first-order chi connectivity index (χ1) is 4.70. The van der Waals surface area contributed by atoms with Crippen LogP contribution in [0.4, 0.5) is 0 Å². The van der Waals surface area contributed by atoms with E-state index < -0.39 is 0 Å². The quantitative estimate of drug-likeness (QED) is 0.592. The topological polar surface area (TPSA) is 0 Å². The Kier molecular flexibility index (Phi) is 6.30. The van der Waals surface area contributed by atoms with Crippen LogP contribution in [0.1, 0.15) is 40.0 Å². The van der Waals surface area contributed by atoms with Crippen LogP contribution in [0, 0.1) is 5.92 Å². The first-order valence-corrected chi connectivity index (χ1v) is 5.52. The van der Waals surface area contributed by atoms with Gasteiger partial charge >= 0.3 is 0 Å². The van der Waals surface area contributed by atoms with Crippen molar-refractivity contribution in [3.63, 3.8) is 0 Å². The summed E-state index contributed by atoms with van der Waals surface area (Å²) in [6, 6.07) is 0. The van der Waals surface area contributed by atoms with Crippen LogP contribution in [0.3, 0.4) is 0 Å². The van der Waals surface area contributed by atoms with E-state index in [1.165, 1.54) is 19.3 Å². The van der Waals surface area contributed by atoms with Gasteiger partial charge in [-0.1, -0.05) is 27.2 Å². The lowest BCUT2D eigenvalue weighted by Crippen LogP contribution is -2.05. The fourth-order valence-corrected chi connectivity index (χ4v) is 2.23. The van der Waals surface area contributed by atoms with Crippen molar-refractivity contribution >= 4 is 11.8 Å². The molecule has 0 heterocycles. The standard InChI is InChI=1S/C9H20S/c1-5-6-9(10-4)7-8(2)3/h8-9H,5-7H2,1-4H3. The first kappa shape index (κ1) is 10.3. The molecule has 0 aliphatic carbocycles. The van der Waals surface area contributed by atoms with Crippen LogP contribution in [0.2, 0.25) is 0 Å². The summed E-state index contributed by atoms with van der Waals surface area (Å²) in [5.41, 5.74) is 0. The Morgan fingerprint density at radius 2 is 1.90 bits per heavy atom. The number of thioether (sulfide) groups is 1. The molecule has 0 aliphatic heterocycles. The normalized spacial score (nSPS) is 14.1. The summed E-state index contributed by atoms with van der Waals surface area (Å²) in [4.78, 5) is 0. The van der Waals surface area contributed by atoms with Gasteiger partial charge in [0.15, 0.2) is 0 Å². The Bertz CT molecular complexity index is 69.1. The highest BCUT2D eigenvalue weighted by Gasteiger charge is 2.06. The van der Waals surface area contributed by atoms with Crippen LogP contribution in [-0.4, -0.2) is 11.5 Å². The van der Waals surface area contributed by atoms with E-state index in [0.29, 0.717) is 0 Å². The Morgan fingerprint density at radius 1 is 1.30 bits per heavy atom. The van der Waals surface area contributed by atoms with Crippen molar-refractivity contribution in [1.82, 2.24) is 0 Å². The van der Waals surface area contributed by atoms with Crippen LogP contribution in [-0.2, 0) is 0 Å². The molecule has 0 aromatic carbocycles. The van der Waals surface area contributed by atoms with E-state index in [4.69, 9.17) is 0 Å². The second-order valence-electron chi connectivity index (χ2n) is 3.28. The summed E-state index contributed by atoms with van der Waals surface area (Å²) < 4.78 is 0. The molecular weight excluding hydrogens is 140 g/mol. The lowest BCUT2D eigenvalue weighted by atomic mass is 10.1. The molecule has 0 saturated carbocycles. The maximum atomic E-state index is 2.30.